The summed E-state index contributed by atoms with van der Waals surface area (Å²) in [4.78, 5) is 0. The fraction of sp³-hybridized carbons (Fsp3) is 0.500. The van der Waals surface area contributed by atoms with Gasteiger partial charge in [0.2, 0.25) is 0 Å². The largest absolute Gasteiger partial charge is 0.207 e. The molecule has 0 saturated carbocycles. The highest BCUT2D eigenvalue weighted by molar-refractivity contribution is 9.10. The van der Waals surface area contributed by atoms with Gasteiger partial charge < -0.3 is 0 Å². The Labute approximate surface area is 104 Å². The molecule has 1 aromatic rings. The average molecular weight is 294 g/mol. The van der Waals surface area contributed by atoms with Gasteiger partial charge in [0, 0.05) is 9.85 Å². The lowest BCUT2D eigenvalue weighted by atomic mass is 10.0. The molecule has 0 heterocycles. The summed E-state index contributed by atoms with van der Waals surface area (Å²) < 4.78 is 14.3. The van der Waals surface area contributed by atoms with Crippen molar-refractivity contribution in [2.45, 2.75) is 32.1 Å². The van der Waals surface area contributed by atoms with Gasteiger partial charge >= 0.3 is 0 Å². The van der Waals surface area contributed by atoms with Gasteiger partial charge in [0.15, 0.2) is 0 Å². The molecular weight excluding hydrogens is 278 g/mol. The van der Waals surface area contributed by atoms with Crippen LogP contribution >= 0.6 is 27.5 Å². The first-order chi connectivity index (χ1) is 7.00. The van der Waals surface area contributed by atoms with Crippen molar-refractivity contribution in [1.82, 2.24) is 0 Å². The zero-order chi connectivity index (χ0) is 11.4. The number of halogens is 3. The third-order valence-electron chi connectivity index (χ3n) is 2.42. The highest BCUT2D eigenvalue weighted by atomic mass is 79.9. The van der Waals surface area contributed by atoms with Crippen LogP contribution in [0.25, 0.3) is 0 Å². The van der Waals surface area contributed by atoms with Crippen molar-refractivity contribution >= 4 is 27.5 Å². The van der Waals surface area contributed by atoms with Crippen LogP contribution in [0, 0.1) is 11.7 Å². The lowest BCUT2D eigenvalue weighted by Crippen LogP contribution is -2.09. The average Bonchev–Trinajstić information content (AvgIpc) is 2.18. The molecule has 0 aliphatic carbocycles. The standard InChI is InChI=1S/C12H15BrClF/c1-8(2)11(14)5-3-9-7-10(13)4-6-12(9)15/h4,6-8,11H,3,5H2,1-2H3. The number of aryl methyl sites for hydroxylation is 1. The molecule has 1 atom stereocenters. The third kappa shape index (κ3) is 4.12. The Morgan fingerprint density at radius 2 is 2.07 bits per heavy atom. The summed E-state index contributed by atoms with van der Waals surface area (Å²) in [6.45, 7) is 4.16. The summed E-state index contributed by atoms with van der Waals surface area (Å²) in [5.74, 6) is 0.285. The second-order valence-corrected chi connectivity index (χ2v) is 5.51. The Kier molecular flexibility index (Phi) is 5.07. The van der Waals surface area contributed by atoms with E-state index < -0.39 is 0 Å². The van der Waals surface area contributed by atoms with Crippen LogP contribution < -0.4 is 0 Å². The Balaban J connectivity index is 2.61. The summed E-state index contributed by atoms with van der Waals surface area (Å²) in [5.41, 5.74) is 0.732. The maximum Gasteiger partial charge on any atom is 0.126 e. The number of hydrogen-bond donors (Lipinski definition) is 0. The second-order valence-electron chi connectivity index (χ2n) is 4.03. The van der Waals surface area contributed by atoms with Crippen LogP contribution in [0.1, 0.15) is 25.8 Å². The first-order valence-corrected chi connectivity index (χ1v) is 6.31. The molecule has 0 fully saturated rings. The predicted octanol–water partition coefficient (Wildman–Crippen LogP) is 4.78. The zero-order valence-corrected chi connectivity index (χ0v) is 11.3. The van der Waals surface area contributed by atoms with Crippen LogP contribution in [0.5, 0.6) is 0 Å². The van der Waals surface area contributed by atoms with Gasteiger partial charge in [-0.05, 0) is 42.5 Å². The molecule has 1 aromatic carbocycles. The Hall–Kier alpha value is -0.0800. The van der Waals surface area contributed by atoms with Crippen molar-refractivity contribution < 1.29 is 4.39 Å². The maximum absolute atomic E-state index is 13.4. The molecule has 0 aromatic heterocycles. The molecule has 0 aliphatic rings. The molecule has 1 rings (SSSR count). The van der Waals surface area contributed by atoms with E-state index in [1.807, 2.05) is 6.07 Å². The molecule has 0 amide bonds. The monoisotopic (exact) mass is 292 g/mol. The fourth-order valence-corrected chi connectivity index (χ4v) is 1.88. The van der Waals surface area contributed by atoms with E-state index in [2.05, 4.69) is 29.8 Å². The molecule has 84 valence electrons. The van der Waals surface area contributed by atoms with Crippen LogP contribution in [0.3, 0.4) is 0 Å². The van der Waals surface area contributed by atoms with Crippen molar-refractivity contribution in [1.29, 1.82) is 0 Å². The molecule has 0 spiro atoms. The van der Waals surface area contributed by atoms with Crippen molar-refractivity contribution in [3.05, 3.63) is 34.1 Å². The minimum atomic E-state index is -0.147. The molecule has 0 radical (unpaired) electrons. The van der Waals surface area contributed by atoms with Crippen LogP contribution in [0.4, 0.5) is 4.39 Å². The number of hydrogen-bond acceptors (Lipinski definition) is 0. The van der Waals surface area contributed by atoms with Crippen LogP contribution in [-0.2, 0) is 6.42 Å². The molecule has 0 N–H and O–H groups in total. The summed E-state index contributed by atoms with van der Waals surface area (Å²) in [7, 11) is 0. The number of rotatable bonds is 4. The molecule has 0 nitrogen and oxygen atoms in total. The first-order valence-electron chi connectivity index (χ1n) is 5.08. The van der Waals surface area contributed by atoms with E-state index in [4.69, 9.17) is 11.6 Å². The lowest BCUT2D eigenvalue weighted by molar-refractivity contribution is 0.550. The van der Waals surface area contributed by atoms with Gasteiger partial charge in [-0.3, -0.25) is 0 Å². The van der Waals surface area contributed by atoms with E-state index in [0.29, 0.717) is 12.3 Å². The smallest absolute Gasteiger partial charge is 0.126 e. The van der Waals surface area contributed by atoms with E-state index in [1.54, 1.807) is 6.07 Å². The molecule has 0 bridgehead atoms. The van der Waals surface area contributed by atoms with Crippen LogP contribution in [0.15, 0.2) is 22.7 Å². The van der Waals surface area contributed by atoms with Gasteiger partial charge in [-0.1, -0.05) is 29.8 Å². The Morgan fingerprint density at radius 3 is 2.67 bits per heavy atom. The summed E-state index contributed by atoms with van der Waals surface area (Å²) in [5, 5.41) is 0.114. The molecule has 15 heavy (non-hydrogen) atoms. The highest BCUT2D eigenvalue weighted by Crippen LogP contribution is 2.20. The molecule has 3 heteroatoms. The van der Waals surface area contributed by atoms with Crippen molar-refractivity contribution in [2.24, 2.45) is 5.92 Å². The van der Waals surface area contributed by atoms with E-state index in [-0.39, 0.29) is 11.2 Å². The molecule has 0 saturated heterocycles. The van der Waals surface area contributed by atoms with E-state index >= 15 is 0 Å². The number of benzene rings is 1. The van der Waals surface area contributed by atoms with E-state index in [1.165, 1.54) is 6.07 Å². The maximum atomic E-state index is 13.4. The zero-order valence-electron chi connectivity index (χ0n) is 8.93. The van der Waals surface area contributed by atoms with Crippen LogP contribution in [0.2, 0.25) is 0 Å². The van der Waals surface area contributed by atoms with Gasteiger partial charge in [-0.25, -0.2) is 4.39 Å². The minimum Gasteiger partial charge on any atom is -0.207 e. The highest BCUT2D eigenvalue weighted by Gasteiger charge is 2.11. The van der Waals surface area contributed by atoms with E-state index in [9.17, 15) is 4.39 Å². The van der Waals surface area contributed by atoms with Gasteiger partial charge in [-0.15, -0.1) is 11.6 Å². The molecular formula is C12H15BrClF. The second kappa shape index (κ2) is 5.86. The Morgan fingerprint density at radius 1 is 1.40 bits per heavy atom. The van der Waals surface area contributed by atoms with Crippen molar-refractivity contribution in [3.8, 4) is 0 Å². The number of alkyl halides is 1. The van der Waals surface area contributed by atoms with Crippen LogP contribution in [-0.4, -0.2) is 5.38 Å². The minimum absolute atomic E-state index is 0.114. The topological polar surface area (TPSA) is 0 Å². The SMILES string of the molecule is CC(C)C(Cl)CCc1cc(Br)ccc1F. The summed E-state index contributed by atoms with van der Waals surface area (Å²) >= 11 is 9.46. The van der Waals surface area contributed by atoms with Gasteiger partial charge in [0.1, 0.15) is 5.82 Å². The van der Waals surface area contributed by atoms with Gasteiger partial charge in [0.05, 0.1) is 0 Å². The molecule has 0 aliphatic heterocycles. The quantitative estimate of drug-likeness (QED) is 0.701. The van der Waals surface area contributed by atoms with Gasteiger partial charge in [-0.2, -0.15) is 0 Å². The van der Waals surface area contributed by atoms with Gasteiger partial charge in [0.25, 0.3) is 0 Å². The fourth-order valence-electron chi connectivity index (χ4n) is 1.36. The molecule has 1 unspecified atom stereocenters. The van der Waals surface area contributed by atoms with Crippen molar-refractivity contribution in [3.63, 3.8) is 0 Å². The normalized spacial score (nSPS) is 13.2. The Bertz CT molecular complexity index is 325. The lowest BCUT2D eigenvalue weighted by Gasteiger charge is -2.13. The first kappa shape index (κ1) is 13.0. The summed E-state index contributed by atoms with van der Waals surface area (Å²) in [6.07, 6.45) is 1.50. The van der Waals surface area contributed by atoms with Crippen molar-refractivity contribution in [2.75, 3.05) is 0 Å². The third-order valence-corrected chi connectivity index (χ3v) is 3.64. The predicted molar refractivity (Wildman–Crippen MR) is 66.9 cm³/mol. The van der Waals surface area contributed by atoms with E-state index in [0.717, 1.165) is 16.5 Å². The summed E-state index contributed by atoms with van der Waals surface area (Å²) in [6, 6.07) is 5.01.